The molecule has 14 heavy (non-hydrogen) atoms. The van der Waals surface area contributed by atoms with E-state index < -0.39 is 0 Å². The molecule has 4 nitrogen and oxygen atoms in total. The van der Waals surface area contributed by atoms with Crippen LogP contribution in [0.1, 0.15) is 12.1 Å². The van der Waals surface area contributed by atoms with E-state index >= 15 is 0 Å². The molecule has 78 valence electrons. The average molecular weight is 215 g/mol. The molecule has 0 bridgehead atoms. The Labute approximate surface area is 89.9 Å². The van der Waals surface area contributed by atoms with Crippen LogP contribution in [0.4, 0.5) is 5.82 Å². The number of hydrogen-bond donors (Lipinski definition) is 1. The van der Waals surface area contributed by atoms with Crippen LogP contribution in [0.25, 0.3) is 0 Å². The Hall–Kier alpha value is -0.870. The first-order valence-electron chi connectivity index (χ1n) is 4.55. The molecule has 1 fully saturated rings. The van der Waals surface area contributed by atoms with Gasteiger partial charge in [-0.2, -0.15) is 0 Å². The van der Waals surface area contributed by atoms with E-state index in [1.807, 2.05) is 6.92 Å². The molecule has 0 unspecified atom stereocenters. The highest BCUT2D eigenvalue weighted by Gasteiger charge is 2.21. The second-order valence-electron chi connectivity index (χ2n) is 3.46. The second kappa shape index (κ2) is 4.57. The fourth-order valence-electron chi connectivity index (χ4n) is 1.69. The number of nitrogens with zero attached hydrogens (tertiary/aromatic N) is 3. The molecule has 1 saturated heterocycles. The summed E-state index contributed by atoms with van der Waals surface area (Å²) >= 11 is 0. The predicted molar refractivity (Wildman–Crippen MR) is 58.8 cm³/mol. The molecule has 5 heteroatoms. The zero-order valence-electron chi connectivity index (χ0n) is 8.18. The first kappa shape index (κ1) is 11.2. The molecule has 2 N–H and O–H groups in total. The zero-order chi connectivity index (χ0) is 9.26. The molecule has 0 aromatic carbocycles. The number of aryl methyl sites for hydroxylation is 1. The van der Waals surface area contributed by atoms with Crippen LogP contribution in [0.2, 0.25) is 0 Å². The Balaban J connectivity index is 0.000000980. The van der Waals surface area contributed by atoms with Crippen LogP contribution in [0, 0.1) is 6.92 Å². The third kappa shape index (κ3) is 2.13. The second-order valence-corrected chi connectivity index (χ2v) is 3.46. The van der Waals surface area contributed by atoms with Gasteiger partial charge in [0.05, 0.1) is 5.69 Å². The molecule has 0 radical (unpaired) electrons. The van der Waals surface area contributed by atoms with Gasteiger partial charge in [-0.1, -0.05) is 0 Å². The fraction of sp³-hybridized carbons (Fsp3) is 0.556. The zero-order valence-corrected chi connectivity index (χ0v) is 9.00. The Kier molecular flexibility index (Phi) is 3.66. The molecule has 1 aliphatic heterocycles. The predicted octanol–water partition coefficient (Wildman–Crippen LogP) is 0.744. The number of halogens is 1. The first-order chi connectivity index (χ1) is 6.27. The molecule has 0 saturated carbocycles. The van der Waals surface area contributed by atoms with E-state index in [1.54, 1.807) is 12.4 Å². The number of rotatable bonds is 1. The van der Waals surface area contributed by atoms with E-state index in [0.29, 0.717) is 6.04 Å². The maximum Gasteiger partial charge on any atom is 0.150 e. The van der Waals surface area contributed by atoms with Gasteiger partial charge in [0, 0.05) is 31.5 Å². The summed E-state index contributed by atoms with van der Waals surface area (Å²) in [7, 11) is 0. The Morgan fingerprint density at radius 2 is 2.14 bits per heavy atom. The maximum atomic E-state index is 5.82. The molecule has 0 spiro atoms. The summed E-state index contributed by atoms with van der Waals surface area (Å²) in [5.41, 5.74) is 6.81. The van der Waals surface area contributed by atoms with Crippen molar-refractivity contribution in [1.29, 1.82) is 0 Å². The minimum atomic E-state index is 0. The molecular weight excluding hydrogens is 200 g/mol. The van der Waals surface area contributed by atoms with Crippen LogP contribution in [-0.2, 0) is 0 Å². The Bertz CT molecular complexity index is 305. The van der Waals surface area contributed by atoms with Crippen molar-refractivity contribution in [3.05, 3.63) is 18.1 Å². The quantitative estimate of drug-likeness (QED) is 0.750. The molecule has 2 rings (SSSR count). The van der Waals surface area contributed by atoms with Crippen LogP contribution in [-0.4, -0.2) is 29.1 Å². The van der Waals surface area contributed by atoms with Gasteiger partial charge in [-0.15, -0.1) is 12.4 Å². The summed E-state index contributed by atoms with van der Waals surface area (Å²) in [5, 5.41) is 0. The smallest absolute Gasteiger partial charge is 0.150 e. The van der Waals surface area contributed by atoms with Gasteiger partial charge in [0.1, 0.15) is 5.82 Å². The van der Waals surface area contributed by atoms with E-state index in [9.17, 15) is 0 Å². The van der Waals surface area contributed by atoms with Crippen molar-refractivity contribution in [3.63, 3.8) is 0 Å². The average Bonchev–Trinajstić information content (AvgIpc) is 2.53. The van der Waals surface area contributed by atoms with Crippen LogP contribution in [0.15, 0.2) is 12.4 Å². The molecule has 0 aliphatic carbocycles. The van der Waals surface area contributed by atoms with Crippen LogP contribution < -0.4 is 10.6 Å². The normalized spacial score (nSPS) is 20.7. The van der Waals surface area contributed by atoms with Crippen LogP contribution >= 0.6 is 12.4 Å². The van der Waals surface area contributed by atoms with Crippen molar-refractivity contribution in [1.82, 2.24) is 9.97 Å². The van der Waals surface area contributed by atoms with Crippen molar-refractivity contribution in [2.45, 2.75) is 19.4 Å². The monoisotopic (exact) mass is 214 g/mol. The summed E-state index contributed by atoms with van der Waals surface area (Å²) in [6.45, 7) is 3.88. The molecule has 2 heterocycles. The third-order valence-corrected chi connectivity index (χ3v) is 2.38. The summed E-state index contributed by atoms with van der Waals surface area (Å²) in [5.74, 6) is 0.982. The molecule has 1 atom stereocenters. The molecule has 1 aliphatic rings. The van der Waals surface area contributed by atoms with Gasteiger partial charge in [0.15, 0.2) is 0 Å². The Morgan fingerprint density at radius 1 is 1.43 bits per heavy atom. The lowest BCUT2D eigenvalue weighted by atomic mass is 10.3. The van der Waals surface area contributed by atoms with Gasteiger partial charge >= 0.3 is 0 Å². The first-order valence-corrected chi connectivity index (χ1v) is 4.55. The van der Waals surface area contributed by atoms with Gasteiger partial charge < -0.3 is 10.6 Å². The fourth-order valence-corrected chi connectivity index (χ4v) is 1.69. The number of anilines is 1. The molecule has 0 amide bonds. The van der Waals surface area contributed by atoms with Crippen molar-refractivity contribution < 1.29 is 0 Å². The highest BCUT2D eigenvalue weighted by Crippen LogP contribution is 2.18. The van der Waals surface area contributed by atoms with Gasteiger partial charge in [-0.3, -0.25) is 4.98 Å². The summed E-state index contributed by atoms with van der Waals surface area (Å²) < 4.78 is 0. The number of aromatic nitrogens is 2. The van der Waals surface area contributed by atoms with E-state index in [0.717, 1.165) is 31.0 Å². The van der Waals surface area contributed by atoms with E-state index in [2.05, 4.69) is 14.9 Å². The van der Waals surface area contributed by atoms with E-state index in [-0.39, 0.29) is 12.4 Å². The molecule has 1 aromatic heterocycles. The van der Waals surface area contributed by atoms with Crippen molar-refractivity contribution in [2.75, 3.05) is 18.0 Å². The van der Waals surface area contributed by atoms with Gasteiger partial charge in [-0.25, -0.2) is 4.98 Å². The highest BCUT2D eigenvalue weighted by atomic mass is 35.5. The van der Waals surface area contributed by atoms with Gasteiger partial charge in [0.2, 0.25) is 0 Å². The molecule has 1 aromatic rings. The largest absolute Gasteiger partial charge is 0.354 e. The maximum absolute atomic E-state index is 5.82. The minimum absolute atomic E-state index is 0. The standard InChI is InChI=1S/C9H14N4.ClH/c1-7-9(12-4-3-11-7)13-5-2-8(10)6-13;/h3-4,8H,2,5-6,10H2,1H3;1H/t8-;/m1./s1. The number of hydrogen-bond acceptors (Lipinski definition) is 4. The molecular formula is C9H15ClN4. The topological polar surface area (TPSA) is 55.0 Å². The van der Waals surface area contributed by atoms with Crippen molar-refractivity contribution >= 4 is 18.2 Å². The van der Waals surface area contributed by atoms with Crippen molar-refractivity contribution in [3.8, 4) is 0 Å². The third-order valence-electron chi connectivity index (χ3n) is 2.38. The lowest BCUT2D eigenvalue weighted by Gasteiger charge is -2.17. The van der Waals surface area contributed by atoms with E-state index in [1.165, 1.54) is 0 Å². The lowest BCUT2D eigenvalue weighted by molar-refractivity contribution is 0.751. The highest BCUT2D eigenvalue weighted by molar-refractivity contribution is 5.85. The van der Waals surface area contributed by atoms with E-state index in [4.69, 9.17) is 5.73 Å². The van der Waals surface area contributed by atoms with Gasteiger partial charge in [-0.05, 0) is 13.3 Å². The lowest BCUT2D eigenvalue weighted by Crippen LogP contribution is -2.27. The summed E-state index contributed by atoms with van der Waals surface area (Å²) in [6, 6.07) is 0.293. The van der Waals surface area contributed by atoms with Crippen LogP contribution in [0.3, 0.4) is 0 Å². The summed E-state index contributed by atoms with van der Waals surface area (Å²) in [4.78, 5) is 10.7. The van der Waals surface area contributed by atoms with Crippen molar-refractivity contribution in [2.24, 2.45) is 5.73 Å². The minimum Gasteiger partial charge on any atom is -0.354 e. The number of nitrogens with two attached hydrogens (primary N) is 1. The SMILES string of the molecule is Cc1nccnc1N1CC[C@@H](N)C1.Cl. The summed E-state index contributed by atoms with van der Waals surface area (Å²) in [6.07, 6.45) is 4.50. The van der Waals surface area contributed by atoms with Gasteiger partial charge in [0.25, 0.3) is 0 Å². The van der Waals surface area contributed by atoms with Crippen LogP contribution in [0.5, 0.6) is 0 Å². The Morgan fingerprint density at radius 3 is 2.71 bits per heavy atom.